The summed E-state index contributed by atoms with van der Waals surface area (Å²) in [5.41, 5.74) is 0.666. The molecule has 2 aromatic heterocycles. The van der Waals surface area contributed by atoms with E-state index in [-0.39, 0.29) is 16.8 Å². The van der Waals surface area contributed by atoms with Gasteiger partial charge in [0.2, 0.25) is 0 Å². The van der Waals surface area contributed by atoms with E-state index >= 15 is 0 Å². The number of pyridine rings is 1. The first-order valence-electron chi connectivity index (χ1n) is 8.77. The van der Waals surface area contributed by atoms with Gasteiger partial charge in [0.1, 0.15) is 16.8 Å². The van der Waals surface area contributed by atoms with Crippen LogP contribution in [0.1, 0.15) is 31.2 Å². The van der Waals surface area contributed by atoms with Crippen molar-refractivity contribution in [3.8, 4) is 0 Å². The van der Waals surface area contributed by atoms with Crippen LogP contribution in [-0.2, 0) is 14.2 Å². The largest absolute Gasteiger partial charge is 0.465 e. The molecule has 0 radical (unpaired) electrons. The third-order valence-electron chi connectivity index (χ3n) is 4.96. The first kappa shape index (κ1) is 18.5. The molecule has 0 amide bonds. The van der Waals surface area contributed by atoms with E-state index in [2.05, 4.69) is 0 Å². The summed E-state index contributed by atoms with van der Waals surface area (Å²) in [5.74, 6) is -2.35. The van der Waals surface area contributed by atoms with Crippen LogP contribution >= 0.6 is 0 Å². The zero-order valence-electron chi connectivity index (χ0n) is 16.0. The van der Waals surface area contributed by atoms with Crippen LogP contribution in [0.15, 0.2) is 48.5 Å². The van der Waals surface area contributed by atoms with Crippen LogP contribution in [0, 0.1) is 0 Å². The van der Waals surface area contributed by atoms with E-state index in [0.29, 0.717) is 11.0 Å². The molecule has 0 unspecified atom stereocenters. The zero-order valence-corrected chi connectivity index (χ0v) is 16.0. The molecule has 0 bridgehead atoms. The molecule has 0 atom stereocenters. The van der Waals surface area contributed by atoms with Gasteiger partial charge in [0.25, 0.3) is 0 Å². The van der Waals surface area contributed by atoms with Crippen molar-refractivity contribution in [1.82, 2.24) is 4.40 Å². The molecule has 0 aliphatic rings. The topological polar surface area (TPSA) is 83.3 Å². The van der Waals surface area contributed by atoms with Gasteiger partial charge in [-0.2, -0.15) is 0 Å². The summed E-state index contributed by atoms with van der Waals surface area (Å²) in [6.45, 7) is 0. The molecule has 0 aliphatic heterocycles. The lowest BCUT2D eigenvalue weighted by Crippen LogP contribution is -2.15. The quantitative estimate of drug-likeness (QED) is 0.301. The molecule has 7 nitrogen and oxygen atoms in total. The van der Waals surface area contributed by atoms with Gasteiger partial charge in [0.05, 0.1) is 32.4 Å². The monoisotopic (exact) mass is 391 g/mol. The SMILES string of the molecule is COC(=O)c1c(C(=O)OC)c2ccc3c4ccccc4ccc3n2c1C(=O)OC. The normalized spacial score (nSPS) is 11.0. The van der Waals surface area contributed by atoms with Crippen LogP contribution in [0.3, 0.4) is 0 Å². The van der Waals surface area contributed by atoms with Gasteiger partial charge in [0, 0.05) is 5.39 Å². The van der Waals surface area contributed by atoms with Crippen LogP contribution in [0.5, 0.6) is 0 Å². The standard InChI is InChI=1S/C22H17NO6/c1-27-20(24)17-16-11-9-14-13-7-5-4-6-12(13)8-10-15(14)23(16)19(22(26)29-3)18(17)21(25)28-2/h4-11H,1-3H3. The number of nitrogens with zero attached hydrogens (tertiary/aromatic N) is 1. The van der Waals surface area contributed by atoms with Crippen LogP contribution in [0.2, 0.25) is 0 Å². The number of methoxy groups -OCH3 is 3. The summed E-state index contributed by atoms with van der Waals surface area (Å²) in [6, 6.07) is 15.1. The first-order chi connectivity index (χ1) is 14.0. The molecule has 4 aromatic rings. The summed E-state index contributed by atoms with van der Waals surface area (Å²) in [6.07, 6.45) is 0. The number of carbonyl (C=O) groups is 3. The Hall–Kier alpha value is -3.87. The minimum atomic E-state index is -0.830. The highest BCUT2D eigenvalue weighted by molar-refractivity contribution is 6.17. The summed E-state index contributed by atoms with van der Waals surface area (Å²) in [5, 5.41) is 2.84. The fourth-order valence-corrected chi connectivity index (χ4v) is 3.71. The molecule has 7 heteroatoms. The van der Waals surface area contributed by atoms with Crippen molar-refractivity contribution in [1.29, 1.82) is 0 Å². The van der Waals surface area contributed by atoms with E-state index in [1.807, 2.05) is 42.5 Å². The second-order valence-electron chi connectivity index (χ2n) is 6.35. The lowest BCUT2D eigenvalue weighted by Gasteiger charge is -2.09. The lowest BCUT2D eigenvalue weighted by atomic mass is 10.0. The van der Waals surface area contributed by atoms with Crippen LogP contribution in [0.4, 0.5) is 0 Å². The van der Waals surface area contributed by atoms with Gasteiger partial charge in [-0.15, -0.1) is 0 Å². The summed E-state index contributed by atoms with van der Waals surface area (Å²) >= 11 is 0. The number of benzene rings is 2. The van der Waals surface area contributed by atoms with Crippen molar-refractivity contribution in [2.24, 2.45) is 0 Å². The molecule has 0 aliphatic carbocycles. The number of hydrogen-bond acceptors (Lipinski definition) is 6. The Morgan fingerprint density at radius 1 is 0.655 bits per heavy atom. The lowest BCUT2D eigenvalue weighted by molar-refractivity contribution is 0.0536. The molecular weight excluding hydrogens is 374 g/mol. The predicted molar refractivity (Wildman–Crippen MR) is 106 cm³/mol. The molecule has 0 N–H and O–H groups in total. The van der Waals surface area contributed by atoms with Crippen LogP contribution < -0.4 is 0 Å². The molecule has 2 aromatic carbocycles. The molecule has 4 rings (SSSR count). The minimum absolute atomic E-state index is 0.0465. The Labute approximate surface area is 165 Å². The van der Waals surface area contributed by atoms with E-state index in [4.69, 9.17) is 14.2 Å². The minimum Gasteiger partial charge on any atom is -0.465 e. The fraction of sp³-hybridized carbons (Fsp3) is 0.136. The average Bonchev–Trinajstić information content (AvgIpc) is 3.12. The van der Waals surface area contributed by atoms with Crippen molar-refractivity contribution in [3.05, 3.63) is 65.4 Å². The number of fused-ring (bicyclic) bond motifs is 5. The van der Waals surface area contributed by atoms with Gasteiger partial charge in [0.15, 0.2) is 0 Å². The highest BCUT2D eigenvalue weighted by atomic mass is 16.5. The number of aromatic nitrogens is 1. The van der Waals surface area contributed by atoms with Crippen molar-refractivity contribution in [2.75, 3.05) is 21.3 Å². The zero-order chi connectivity index (χ0) is 20.7. The molecule has 2 heterocycles. The molecule has 0 fully saturated rings. The number of rotatable bonds is 3. The maximum absolute atomic E-state index is 12.7. The Morgan fingerprint density at radius 2 is 1.28 bits per heavy atom. The summed E-state index contributed by atoms with van der Waals surface area (Å²) < 4.78 is 16.2. The van der Waals surface area contributed by atoms with Gasteiger partial charge >= 0.3 is 17.9 Å². The van der Waals surface area contributed by atoms with Crippen molar-refractivity contribution in [2.45, 2.75) is 0 Å². The van der Waals surface area contributed by atoms with E-state index in [1.165, 1.54) is 21.3 Å². The van der Waals surface area contributed by atoms with E-state index in [1.54, 1.807) is 10.5 Å². The van der Waals surface area contributed by atoms with Gasteiger partial charge < -0.3 is 18.6 Å². The molecular formula is C22H17NO6. The Kier molecular flexibility index (Phi) is 4.43. The van der Waals surface area contributed by atoms with E-state index < -0.39 is 17.9 Å². The van der Waals surface area contributed by atoms with Crippen molar-refractivity contribution < 1.29 is 28.6 Å². The van der Waals surface area contributed by atoms with Gasteiger partial charge in [-0.25, -0.2) is 14.4 Å². The fourth-order valence-electron chi connectivity index (χ4n) is 3.71. The molecule has 0 saturated carbocycles. The maximum Gasteiger partial charge on any atom is 0.355 e. The van der Waals surface area contributed by atoms with Crippen LogP contribution in [-0.4, -0.2) is 43.6 Å². The third-order valence-corrected chi connectivity index (χ3v) is 4.96. The first-order valence-corrected chi connectivity index (χ1v) is 8.77. The Balaban J connectivity index is 2.28. The van der Waals surface area contributed by atoms with E-state index in [9.17, 15) is 14.4 Å². The smallest absolute Gasteiger partial charge is 0.355 e. The van der Waals surface area contributed by atoms with Gasteiger partial charge in [-0.3, -0.25) is 0 Å². The number of esters is 3. The summed E-state index contributed by atoms with van der Waals surface area (Å²) in [7, 11) is 3.60. The molecule has 146 valence electrons. The van der Waals surface area contributed by atoms with Crippen LogP contribution in [0.25, 0.3) is 27.2 Å². The van der Waals surface area contributed by atoms with Crippen molar-refractivity contribution >= 4 is 45.1 Å². The molecule has 29 heavy (non-hydrogen) atoms. The maximum atomic E-state index is 12.7. The summed E-state index contributed by atoms with van der Waals surface area (Å²) in [4.78, 5) is 37.8. The number of carbonyl (C=O) groups excluding carboxylic acids is 3. The molecule has 0 saturated heterocycles. The second kappa shape index (κ2) is 6.94. The van der Waals surface area contributed by atoms with Gasteiger partial charge in [-0.1, -0.05) is 36.4 Å². The number of hydrogen-bond donors (Lipinski definition) is 0. The van der Waals surface area contributed by atoms with Crippen molar-refractivity contribution in [3.63, 3.8) is 0 Å². The predicted octanol–water partition coefficient (Wildman–Crippen LogP) is 3.61. The molecule has 0 spiro atoms. The second-order valence-corrected chi connectivity index (χ2v) is 6.35. The van der Waals surface area contributed by atoms with Gasteiger partial charge in [-0.05, 0) is 22.9 Å². The Morgan fingerprint density at radius 3 is 1.97 bits per heavy atom. The highest BCUT2D eigenvalue weighted by Gasteiger charge is 2.34. The average molecular weight is 391 g/mol. The number of ether oxygens (including phenoxy) is 3. The van der Waals surface area contributed by atoms with E-state index in [0.717, 1.165) is 16.2 Å². The Bertz CT molecular complexity index is 1320. The highest BCUT2D eigenvalue weighted by Crippen LogP contribution is 2.33. The third kappa shape index (κ3) is 2.62.